The van der Waals surface area contributed by atoms with Gasteiger partial charge in [-0.1, -0.05) is 41.9 Å². The van der Waals surface area contributed by atoms with Gasteiger partial charge in [0.1, 0.15) is 12.4 Å². The summed E-state index contributed by atoms with van der Waals surface area (Å²) in [6, 6.07) is 15.4. The highest BCUT2D eigenvalue weighted by Crippen LogP contribution is 2.29. The minimum Gasteiger partial charge on any atom is -0.492 e. The van der Waals surface area contributed by atoms with Crippen LogP contribution in [0.1, 0.15) is 11.1 Å². The number of nitrogens with one attached hydrogen (secondary N) is 1. The average Bonchev–Trinajstić information content (AvgIpc) is 2.53. The lowest BCUT2D eigenvalue weighted by atomic mass is 9.96. The van der Waals surface area contributed by atoms with E-state index < -0.39 is 0 Å². The van der Waals surface area contributed by atoms with E-state index >= 15 is 0 Å². The van der Waals surface area contributed by atoms with Gasteiger partial charge in [0.25, 0.3) is 0 Å². The molecule has 2 aromatic carbocycles. The molecule has 3 rings (SSSR count). The highest BCUT2D eigenvalue weighted by atomic mass is 35.5. The summed E-state index contributed by atoms with van der Waals surface area (Å²) in [5, 5.41) is 3.63. The highest BCUT2D eigenvalue weighted by molar-refractivity contribution is 6.30. The number of fused-ring (bicyclic) bond motifs is 1. The van der Waals surface area contributed by atoms with Gasteiger partial charge < -0.3 is 10.1 Å². The quantitative estimate of drug-likeness (QED) is 0.945. The lowest BCUT2D eigenvalue weighted by Crippen LogP contribution is -2.37. The molecule has 0 fully saturated rings. The van der Waals surface area contributed by atoms with Gasteiger partial charge in [-0.3, -0.25) is 4.79 Å². The molecule has 0 aromatic heterocycles. The van der Waals surface area contributed by atoms with Crippen LogP contribution in [0.25, 0.3) is 0 Å². The number of halogens is 1. The van der Waals surface area contributed by atoms with Crippen LogP contribution in [0.5, 0.6) is 5.75 Å². The Hall–Kier alpha value is -2.00. The van der Waals surface area contributed by atoms with Gasteiger partial charge in [-0.25, -0.2) is 0 Å². The van der Waals surface area contributed by atoms with Crippen molar-refractivity contribution in [3.05, 3.63) is 64.7 Å². The van der Waals surface area contributed by atoms with Crippen molar-refractivity contribution < 1.29 is 9.53 Å². The van der Waals surface area contributed by atoms with Gasteiger partial charge in [-0.15, -0.1) is 0 Å². The Morgan fingerprint density at radius 2 is 2.05 bits per heavy atom. The van der Waals surface area contributed by atoms with Crippen molar-refractivity contribution in [3.8, 4) is 5.75 Å². The highest BCUT2D eigenvalue weighted by Gasteiger charge is 2.25. The molecule has 2 aromatic rings. The SMILES string of the molecule is O=C(NCc1ccccc1)[C@H]1COc2ccc(Cl)cc2C1. The lowest BCUT2D eigenvalue weighted by Gasteiger charge is -2.24. The summed E-state index contributed by atoms with van der Waals surface area (Å²) in [6.07, 6.45) is 0.663. The van der Waals surface area contributed by atoms with Crippen LogP contribution in [0.3, 0.4) is 0 Å². The summed E-state index contributed by atoms with van der Waals surface area (Å²) in [5.41, 5.74) is 2.08. The Balaban J connectivity index is 1.61. The third-order valence-corrected chi connectivity index (χ3v) is 3.84. The Morgan fingerprint density at radius 1 is 1.24 bits per heavy atom. The van der Waals surface area contributed by atoms with Gasteiger partial charge in [0.05, 0.1) is 5.92 Å². The van der Waals surface area contributed by atoms with Gasteiger partial charge in [0, 0.05) is 11.6 Å². The number of hydrogen-bond donors (Lipinski definition) is 1. The molecule has 1 amide bonds. The van der Waals surface area contributed by atoms with Crippen LogP contribution in [0, 0.1) is 5.92 Å². The molecular weight excluding hydrogens is 286 g/mol. The largest absolute Gasteiger partial charge is 0.492 e. The number of benzene rings is 2. The van der Waals surface area contributed by atoms with Crippen molar-refractivity contribution in [3.63, 3.8) is 0 Å². The van der Waals surface area contributed by atoms with Gasteiger partial charge in [0.15, 0.2) is 0 Å². The summed E-state index contributed by atoms with van der Waals surface area (Å²) >= 11 is 5.99. The molecule has 1 aliphatic rings. The number of hydrogen-bond acceptors (Lipinski definition) is 2. The molecule has 21 heavy (non-hydrogen) atoms. The Kier molecular flexibility index (Phi) is 4.11. The topological polar surface area (TPSA) is 38.3 Å². The van der Waals surface area contributed by atoms with Gasteiger partial charge in [0.2, 0.25) is 5.91 Å². The van der Waals surface area contributed by atoms with Gasteiger partial charge in [-0.05, 0) is 35.7 Å². The molecule has 0 bridgehead atoms. The fourth-order valence-corrected chi connectivity index (χ4v) is 2.66. The fourth-order valence-electron chi connectivity index (χ4n) is 2.46. The van der Waals surface area contributed by atoms with Gasteiger partial charge in [-0.2, -0.15) is 0 Å². The first kappa shape index (κ1) is 14.0. The van der Waals surface area contributed by atoms with Crippen LogP contribution in [-0.4, -0.2) is 12.5 Å². The minimum atomic E-state index is -0.167. The number of carbonyl (C=O) groups excluding carboxylic acids is 1. The zero-order chi connectivity index (χ0) is 14.7. The number of carbonyl (C=O) groups is 1. The standard InChI is InChI=1S/C17H16ClNO2/c18-15-6-7-16-13(9-15)8-14(11-21-16)17(20)19-10-12-4-2-1-3-5-12/h1-7,9,14H,8,10-11H2,(H,19,20)/t14-/m1/s1. The van der Waals surface area contributed by atoms with Crippen LogP contribution < -0.4 is 10.1 Å². The smallest absolute Gasteiger partial charge is 0.227 e. The van der Waals surface area contributed by atoms with E-state index in [1.165, 1.54) is 0 Å². The third kappa shape index (κ3) is 3.37. The zero-order valence-corrected chi connectivity index (χ0v) is 12.3. The first-order valence-corrected chi connectivity index (χ1v) is 7.33. The van der Waals surface area contributed by atoms with E-state index in [2.05, 4.69) is 5.32 Å². The van der Waals surface area contributed by atoms with Crippen molar-refractivity contribution in [2.24, 2.45) is 5.92 Å². The van der Waals surface area contributed by atoms with E-state index in [0.29, 0.717) is 24.6 Å². The molecule has 1 heterocycles. The van der Waals surface area contributed by atoms with Crippen molar-refractivity contribution >= 4 is 17.5 Å². The second kappa shape index (κ2) is 6.19. The zero-order valence-electron chi connectivity index (χ0n) is 11.5. The number of amides is 1. The molecule has 0 aliphatic carbocycles. The van der Waals surface area contributed by atoms with E-state index in [4.69, 9.17) is 16.3 Å². The summed E-state index contributed by atoms with van der Waals surface area (Å²) in [4.78, 5) is 12.2. The molecule has 0 radical (unpaired) electrons. The Labute approximate surface area is 128 Å². The first-order chi connectivity index (χ1) is 10.2. The average molecular weight is 302 g/mol. The number of rotatable bonds is 3. The molecule has 0 saturated heterocycles. The third-order valence-electron chi connectivity index (χ3n) is 3.61. The summed E-state index contributed by atoms with van der Waals surface area (Å²) in [6.45, 7) is 0.952. The molecule has 3 nitrogen and oxygen atoms in total. The minimum absolute atomic E-state index is 0.0180. The maximum atomic E-state index is 12.2. The molecule has 1 aliphatic heterocycles. The van der Waals surface area contributed by atoms with E-state index in [-0.39, 0.29) is 11.8 Å². The van der Waals surface area contributed by atoms with Crippen molar-refractivity contribution in [2.45, 2.75) is 13.0 Å². The van der Waals surface area contributed by atoms with Crippen LogP contribution in [0.15, 0.2) is 48.5 Å². The molecule has 0 spiro atoms. The first-order valence-electron chi connectivity index (χ1n) is 6.95. The van der Waals surface area contributed by atoms with E-state index in [9.17, 15) is 4.79 Å². The Morgan fingerprint density at radius 3 is 2.86 bits per heavy atom. The summed E-state index contributed by atoms with van der Waals surface area (Å²) in [7, 11) is 0. The molecular formula is C17H16ClNO2. The van der Waals surface area contributed by atoms with Crippen LogP contribution in [0.2, 0.25) is 5.02 Å². The Bertz CT molecular complexity index is 642. The maximum absolute atomic E-state index is 12.2. The summed E-state index contributed by atoms with van der Waals surface area (Å²) in [5.74, 6) is 0.677. The van der Waals surface area contributed by atoms with Crippen LogP contribution >= 0.6 is 11.6 Å². The van der Waals surface area contributed by atoms with E-state index in [1.54, 1.807) is 6.07 Å². The normalized spacial score (nSPS) is 16.7. The van der Waals surface area contributed by atoms with Gasteiger partial charge >= 0.3 is 0 Å². The monoisotopic (exact) mass is 301 g/mol. The molecule has 1 atom stereocenters. The van der Waals surface area contributed by atoms with E-state index in [1.807, 2.05) is 42.5 Å². The van der Waals surface area contributed by atoms with Crippen LogP contribution in [0.4, 0.5) is 0 Å². The van der Waals surface area contributed by atoms with Crippen LogP contribution in [-0.2, 0) is 17.8 Å². The molecule has 4 heteroatoms. The molecule has 108 valence electrons. The lowest BCUT2D eigenvalue weighted by molar-refractivity contribution is -0.126. The molecule has 0 unspecified atom stereocenters. The van der Waals surface area contributed by atoms with E-state index in [0.717, 1.165) is 16.9 Å². The predicted octanol–water partition coefficient (Wildman–Crippen LogP) is 3.21. The fraction of sp³-hybridized carbons (Fsp3) is 0.235. The second-order valence-electron chi connectivity index (χ2n) is 5.17. The summed E-state index contributed by atoms with van der Waals surface area (Å²) < 4.78 is 5.64. The molecule has 0 saturated carbocycles. The van der Waals surface area contributed by atoms with Crippen molar-refractivity contribution in [2.75, 3.05) is 6.61 Å². The van der Waals surface area contributed by atoms with Crippen molar-refractivity contribution in [1.82, 2.24) is 5.32 Å². The molecule has 1 N–H and O–H groups in total. The maximum Gasteiger partial charge on any atom is 0.227 e. The number of ether oxygens (including phenoxy) is 1. The predicted molar refractivity (Wildman–Crippen MR) is 82.4 cm³/mol. The van der Waals surface area contributed by atoms with Crippen molar-refractivity contribution in [1.29, 1.82) is 0 Å². The second-order valence-corrected chi connectivity index (χ2v) is 5.60.